The molecule has 2 saturated heterocycles. The molecule has 1 aromatic carbocycles. The van der Waals surface area contributed by atoms with E-state index in [9.17, 15) is 9.59 Å². The Morgan fingerprint density at radius 1 is 1.18 bits per heavy atom. The summed E-state index contributed by atoms with van der Waals surface area (Å²) in [5, 5.41) is 10.0. The van der Waals surface area contributed by atoms with Crippen LogP contribution in [0.2, 0.25) is 0 Å². The van der Waals surface area contributed by atoms with Gasteiger partial charge in [-0.15, -0.1) is 0 Å². The Morgan fingerprint density at radius 3 is 2.59 bits per heavy atom. The number of carbonyl (C=O) groups is 2. The number of allylic oxidation sites excluding steroid dienone is 2. The number of nitrogens with zero attached hydrogens (tertiary/aromatic N) is 3. The van der Waals surface area contributed by atoms with Gasteiger partial charge in [0, 0.05) is 61.4 Å². The Hall–Kier alpha value is -2.77. The van der Waals surface area contributed by atoms with E-state index in [-0.39, 0.29) is 17.7 Å². The number of likely N-dealkylation sites (tertiary alicyclic amines) is 1. The number of hydrogen-bond donors (Lipinski definition) is 1. The van der Waals surface area contributed by atoms with Gasteiger partial charge in [0.2, 0.25) is 0 Å². The first-order chi connectivity index (χ1) is 16.4. The second-order valence-corrected chi connectivity index (χ2v) is 10.5. The minimum atomic E-state index is -0.981. The third-order valence-electron chi connectivity index (χ3n) is 7.80. The molecule has 0 bridgehead atoms. The van der Waals surface area contributed by atoms with Crippen molar-refractivity contribution in [2.75, 3.05) is 31.1 Å². The standard InChI is InChI=1S/C26H28ClN3O4/c27-22-3-1-2-21-18(15-29(23(21)22)19-8-9-19)14-28-12-10-26(11-13-28)16-30(25(33)34-26)20-6-4-17(5-7-20)24(31)32/h1-7,15,19,21,23H,8-14,16H2,(H,31,32). The van der Waals surface area contributed by atoms with E-state index < -0.39 is 11.6 Å². The summed E-state index contributed by atoms with van der Waals surface area (Å²) >= 11 is 6.62. The number of anilines is 1. The summed E-state index contributed by atoms with van der Waals surface area (Å²) in [7, 11) is 0. The Morgan fingerprint density at radius 2 is 1.91 bits per heavy atom. The number of carboxylic acid groups (broad SMARTS) is 1. The van der Waals surface area contributed by atoms with Gasteiger partial charge in [0.25, 0.3) is 0 Å². The number of benzene rings is 1. The average Bonchev–Trinajstić information content (AvgIpc) is 3.54. The predicted molar refractivity (Wildman–Crippen MR) is 129 cm³/mol. The molecule has 34 heavy (non-hydrogen) atoms. The molecule has 3 aliphatic heterocycles. The van der Waals surface area contributed by atoms with E-state index in [2.05, 4.69) is 28.2 Å². The van der Waals surface area contributed by atoms with Gasteiger partial charge in [0.15, 0.2) is 0 Å². The topological polar surface area (TPSA) is 73.3 Å². The van der Waals surface area contributed by atoms with Crippen molar-refractivity contribution in [1.29, 1.82) is 0 Å². The van der Waals surface area contributed by atoms with E-state index in [4.69, 9.17) is 21.4 Å². The van der Waals surface area contributed by atoms with Crippen LogP contribution in [0.5, 0.6) is 0 Å². The number of halogens is 1. The highest BCUT2D eigenvalue weighted by Gasteiger charge is 2.48. The molecule has 3 fully saturated rings. The molecule has 0 radical (unpaired) electrons. The summed E-state index contributed by atoms with van der Waals surface area (Å²) in [6, 6.07) is 7.26. The molecule has 1 N–H and O–H groups in total. The molecule has 1 amide bonds. The van der Waals surface area contributed by atoms with Gasteiger partial charge in [-0.25, -0.2) is 9.59 Å². The Labute approximate surface area is 203 Å². The van der Waals surface area contributed by atoms with Gasteiger partial charge >= 0.3 is 12.1 Å². The first-order valence-corrected chi connectivity index (χ1v) is 12.4. The smallest absolute Gasteiger partial charge is 0.415 e. The monoisotopic (exact) mass is 481 g/mol. The number of rotatable bonds is 5. The maximum Gasteiger partial charge on any atom is 0.415 e. The maximum atomic E-state index is 12.7. The van der Waals surface area contributed by atoms with Gasteiger partial charge < -0.3 is 14.7 Å². The van der Waals surface area contributed by atoms with Crippen LogP contribution in [0.15, 0.2) is 59.3 Å². The van der Waals surface area contributed by atoms with Crippen LogP contribution in [0, 0.1) is 5.92 Å². The fraction of sp³-hybridized carbons (Fsp3) is 0.462. The lowest BCUT2D eigenvalue weighted by Gasteiger charge is -2.38. The molecule has 6 rings (SSSR count). The number of ether oxygens (including phenoxy) is 1. The van der Waals surface area contributed by atoms with Gasteiger partial charge in [-0.2, -0.15) is 0 Å². The summed E-state index contributed by atoms with van der Waals surface area (Å²) in [6.07, 6.45) is 12.4. The zero-order valence-electron chi connectivity index (χ0n) is 18.9. The number of carbonyl (C=O) groups excluding carboxylic acids is 1. The molecule has 3 heterocycles. The molecule has 1 spiro atoms. The number of hydrogen-bond acceptors (Lipinski definition) is 5. The SMILES string of the molecule is O=C(O)c1ccc(N2CC3(CCN(CC4=CN(C5CC5)C5C(Cl)=CC=CC45)CC3)OC2=O)cc1. The third-order valence-corrected chi connectivity index (χ3v) is 8.15. The van der Waals surface area contributed by atoms with E-state index in [1.165, 1.54) is 30.5 Å². The van der Waals surface area contributed by atoms with Gasteiger partial charge in [-0.3, -0.25) is 9.80 Å². The lowest BCUT2D eigenvalue weighted by atomic mass is 9.88. The van der Waals surface area contributed by atoms with Crippen LogP contribution >= 0.6 is 11.6 Å². The summed E-state index contributed by atoms with van der Waals surface area (Å²) < 4.78 is 5.89. The Kier molecular flexibility index (Phi) is 5.22. The van der Waals surface area contributed by atoms with Crippen molar-refractivity contribution in [2.24, 2.45) is 5.92 Å². The lowest BCUT2D eigenvalue weighted by Crippen LogP contribution is -2.47. The average molecular weight is 482 g/mol. The molecule has 1 aromatic rings. The molecule has 1 saturated carbocycles. The van der Waals surface area contributed by atoms with Gasteiger partial charge in [0.1, 0.15) is 5.60 Å². The van der Waals surface area contributed by atoms with Crippen molar-refractivity contribution >= 4 is 29.4 Å². The number of amides is 1. The van der Waals surface area contributed by atoms with Crippen LogP contribution in [0.25, 0.3) is 0 Å². The fourth-order valence-electron chi connectivity index (χ4n) is 5.75. The highest BCUT2D eigenvalue weighted by Crippen LogP contribution is 2.44. The number of aromatic carboxylic acids is 1. The minimum absolute atomic E-state index is 0.202. The second kappa shape index (κ2) is 8.17. The first-order valence-electron chi connectivity index (χ1n) is 12.0. The van der Waals surface area contributed by atoms with E-state index in [1.807, 2.05) is 6.08 Å². The summed E-state index contributed by atoms with van der Waals surface area (Å²) in [5.41, 5.74) is 1.81. The van der Waals surface area contributed by atoms with Crippen LogP contribution in [0.4, 0.5) is 10.5 Å². The summed E-state index contributed by atoms with van der Waals surface area (Å²) in [5.74, 6) is -0.645. The summed E-state index contributed by atoms with van der Waals surface area (Å²) in [6.45, 7) is 3.14. The number of fused-ring (bicyclic) bond motifs is 1. The predicted octanol–water partition coefficient (Wildman–Crippen LogP) is 4.22. The highest BCUT2D eigenvalue weighted by molar-refractivity contribution is 6.30. The molecular weight excluding hydrogens is 454 g/mol. The summed E-state index contributed by atoms with van der Waals surface area (Å²) in [4.78, 5) is 30.3. The maximum absolute atomic E-state index is 12.7. The van der Waals surface area contributed by atoms with Crippen molar-refractivity contribution < 1.29 is 19.4 Å². The van der Waals surface area contributed by atoms with E-state index in [0.29, 0.717) is 24.2 Å². The highest BCUT2D eigenvalue weighted by atomic mass is 35.5. The van der Waals surface area contributed by atoms with E-state index in [1.54, 1.807) is 17.0 Å². The van der Waals surface area contributed by atoms with Gasteiger partial charge in [-0.1, -0.05) is 23.8 Å². The van der Waals surface area contributed by atoms with Gasteiger partial charge in [0.05, 0.1) is 18.2 Å². The first kappa shape index (κ1) is 21.7. The second-order valence-electron chi connectivity index (χ2n) is 10.1. The van der Waals surface area contributed by atoms with Crippen LogP contribution < -0.4 is 4.90 Å². The number of carboxylic acids is 1. The molecule has 0 aromatic heterocycles. The quantitative estimate of drug-likeness (QED) is 0.679. The van der Waals surface area contributed by atoms with E-state index >= 15 is 0 Å². The Balaban J connectivity index is 1.10. The minimum Gasteiger partial charge on any atom is -0.478 e. The largest absolute Gasteiger partial charge is 0.478 e. The van der Waals surface area contributed by atoms with Crippen molar-refractivity contribution in [3.63, 3.8) is 0 Å². The molecule has 7 nitrogen and oxygen atoms in total. The van der Waals surface area contributed by atoms with Gasteiger partial charge in [-0.05, 0) is 48.8 Å². The molecular formula is C26H28ClN3O4. The molecule has 2 unspecified atom stereocenters. The molecule has 2 aliphatic carbocycles. The van der Waals surface area contributed by atoms with Crippen molar-refractivity contribution in [3.05, 3.63) is 64.9 Å². The van der Waals surface area contributed by atoms with Crippen LogP contribution in [0.1, 0.15) is 36.0 Å². The normalized spacial score (nSPS) is 28.1. The molecule has 178 valence electrons. The van der Waals surface area contributed by atoms with Crippen molar-refractivity contribution in [2.45, 2.75) is 43.4 Å². The zero-order chi connectivity index (χ0) is 23.4. The molecule has 5 aliphatic rings. The van der Waals surface area contributed by atoms with Crippen LogP contribution in [-0.4, -0.2) is 70.8 Å². The van der Waals surface area contributed by atoms with Crippen LogP contribution in [-0.2, 0) is 4.74 Å². The van der Waals surface area contributed by atoms with E-state index in [0.717, 1.165) is 37.5 Å². The lowest BCUT2D eigenvalue weighted by molar-refractivity contribution is 0.00275. The number of piperidine rings is 1. The zero-order valence-corrected chi connectivity index (χ0v) is 19.7. The van der Waals surface area contributed by atoms with Crippen LogP contribution in [0.3, 0.4) is 0 Å². The third kappa shape index (κ3) is 3.81. The Bertz CT molecular complexity index is 1100. The molecule has 2 atom stereocenters. The van der Waals surface area contributed by atoms with Crippen molar-refractivity contribution in [3.8, 4) is 0 Å². The van der Waals surface area contributed by atoms with Crippen molar-refractivity contribution in [1.82, 2.24) is 9.80 Å². The fourth-order valence-corrected chi connectivity index (χ4v) is 6.07. The molecule has 8 heteroatoms.